The van der Waals surface area contributed by atoms with Crippen LogP contribution in [-0.4, -0.2) is 37.4 Å². The zero-order chi connectivity index (χ0) is 22.4. The molecule has 1 aliphatic heterocycles. The second-order valence-corrected chi connectivity index (χ2v) is 7.73. The van der Waals surface area contributed by atoms with Crippen molar-refractivity contribution in [2.24, 2.45) is 7.05 Å². The molecular formula is C23H19F2N5O2. The maximum atomic E-state index is 14.1. The minimum Gasteiger partial charge on any atom is -0.477 e. The lowest BCUT2D eigenvalue weighted by molar-refractivity contribution is 0.0690. The molecule has 0 fully saturated rings. The van der Waals surface area contributed by atoms with Crippen molar-refractivity contribution in [2.45, 2.75) is 19.3 Å². The molecule has 3 aromatic heterocycles. The topological polar surface area (TPSA) is 84.1 Å². The van der Waals surface area contributed by atoms with Crippen LogP contribution < -0.4 is 4.90 Å². The van der Waals surface area contributed by atoms with E-state index in [1.54, 1.807) is 42.5 Å². The van der Waals surface area contributed by atoms with Crippen LogP contribution in [0.4, 0.5) is 20.3 Å². The summed E-state index contributed by atoms with van der Waals surface area (Å²) in [6, 6.07) is 8.26. The Morgan fingerprint density at radius 1 is 1.25 bits per heavy atom. The molecule has 1 N–H and O–H groups in total. The van der Waals surface area contributed by atoms with E-state index in [4.69, 9.17) is 0 Å². The van der Waals surface area contributed by atoms with Gasteiger partial charge >= 0.3 is 5.97 Å². The molecule has 0 saturated heterocycles. The number of alkyl halides is 2. The fourth-order valence-corrected chi connectivity index (χ4v) is 4.23. The SMILES string of the molecule is Cn1cc(-c2cc3c(cc2C(F)F)N(c2nc(C(=O)O)cc4ncccc24)CCC3)cn1. The first-order valence-electron chi connectivity index (χ1n) is 10.1. The van der Waals surface area contributed by atoms with E-state index in [0.717, 1.165) is 18.4 Å². The third-order valence-electron chi connectivity index (χ3n) is 5.67. The molecule has 0 bridgehead atoms. The highest BCUT2D eigenvalue weighted by molar-refractivity contribution is 5.97. The molecule has 32 heavy (non-hydrogen) atoms. The third-order valence-corrected chi connectivity index (χ3v) is 5.67. The molecule has 0 atom stereocenters. The minimum absolute atomic E-state index is 0.0968. The van der Waals surface area contributed by atoms with E-state index in [1.807, 2.05) is 11.0 Å². The van der Waals surface area contributed by atoms with Crippen LogP contribution in [0.15, 0.2) is 48.9 Å². The van der Waals surface area contributed by atoms with Crippen molar-refractivity contribution in [2.75, 3.05) is 11.4 Å². The summed E-state index contributed by atoms with van der Waals surface area (Å²) in [6.45, 7) is 0.530. The summed E-state index contributed by atoms with van der Waals surface area (Å²) in [5.41, 5.74) is 2.84. The summed E-state index contributed by atoms with van der Waals surface area (Å²) in [5, 5.41) is 14.3. The normalized spacial score (nSPS) is 13.6. The van der Waals surface area contributed by atoms with Gasteiger partial charge in [-0.15, -0.1) is 0 Å². The summed E-state index contributed by atoms with van der Waals surface area (Å²) in [4.78, 5) is 22.1. The predicted molar refractivity (Wildman–Crippen MR) is 115 cm³/mol. The monoisotopic (exact) mass is 435 g/mol. The Bertz CT molecular complexity index is 1350. The zero-order valence-corrected chi connectivity index (χ0v) is 17.2. The molecule has 0 spiro atoms. The van der Waals surface area contributed by atoms with Gasteiger partial charge in [0.15, 0.2) is 5.69 Å². The number of carbonyl (C=O) groups is 1. The smallest absolute Gasteiger partial charge is 0.354 e. The van der Waals surface area contributed by atoms with Crippen molar-refractivity contribution < 1.29 is 18.7 Å². The summed E-state index contributed by atoms with van der Waals surface area (Å²) in [6.07, 6.45) is 3.68. The van der Waals surface area contributed by atoms with Crippen LogP contribution in [-0.2, 0) is 13.5 Å². The highest BCUT2D eigenvalue weighted by Crippen LogP contribution is 2.42. The van der Waals surface area contributed by atoms with E-state index in [9.17, 15) is 18.7 Å². The molecular weight excluding hydrogens is 416 g/mol. The maximum Gasteiger partial charge on any atom is 0.354 e. The second-order valence-electron chi connectivity index (χ2n) is 7.73. The van der Waals surface area contributed by atoms with Crippen molar-refractivity contribution in [3.05, 3.63) is 65.7 Å². The highest BCUT2D eigenvalue weighted by Gasteiger charge is 2.27. The Labute approximate surface area is 182 Å². The maximum absolute atomic E-state index is 14.1. The fraction of sp³-hybridized carbons (Fsp3) is 0.217. The van der Waals surface area contributed by atoms with Gasteiger partial charge in [0.1, 0.15) is 5.82 Å². The Morgan fingerprint density at radius 2 is 2.09 bits per heavy atom. The molecule has 0 radical (unpaired) electrons. The van der Waals surface area contributed by atoms with Crippen molar-refractivity contribution >= 4 is 28.4 Å². The third kappa shape index (κ3) is 3.35. The first kappa shape index (κ1) is 20.0. The number of pyridine rings is 2. The first-order valence-corrected chi connectivity index (χ1v) is 10.1. The number of halogens is 2. The molecule has 0 saturated carbocycles. The standard InChI is InChI=1S/C23H19F2N5O2/c1-29-12-14(11-27-29)16-8-13-4-3-7-30(20(13)9-17(16)21(24)25)22-15-5-2-6-26-18(15)10-19(28-22)23(31)32/h2,5-6,8-12,21H,3-4,7H2,1H3,(H,31,32). The Balaban J connectivity index is 1.72. The molecule has 1 aromatic carbocycles. The Kier molecular flexibility index (Phi) is 4.80. The summed E-state index contributed by atoms with van der Waals surface area (Å²) in [7, 11) is 1.74. The molecule has 5 rings (SSSR count). The van der Waals surface area contributed by atoms with E-state index < -0.39 is 12.4 Å². The van der Waals surface area contributed by atoms with Crippen LogP contribution >= 0.6 is 0 Å². The summed E-state index contributed by atoms with van der Waals surface area (Å²) >= 11 is 0. The van der Waals surface area contributed by atoms with Crippen LogP contribution in [0, 0.1) is 0 Å². The molecule has 0 unspecified atom stereocenters. The highest BCUT2D eigenvalue weighted by atomic mass is 19.3. The van der Waals surface area contributed by atoms with Gasteiger partial charge < -0.3 is 10.0 Å². The van der Waals surface area contributed by atoms with Gasteiger partial charge in [0.25, 0.3) is 6.43 Å². The Morgan fingerprint density at radius 3 is 2.81 bits per heavy atom. The predicted octanol–water partition coefficient (Wildman–Crippen LogP) is 4.75. The van der Waals surface area contributed by atoms with Crippen molar-refractivity contribution in [3.8, 4) is 11.1 Å². The number of carboxylic acid groups (broad SMARTS) is 1. The van der Waals surface area contributed by atoms with E-state index in [1.165, 1.54) is 12.1 Å². The van der Waals surface area contributed by atoms with Gasteiger partial charge in [0.05, 0.1) is 11.7 Å². The molecule has 9 heteroatoms. The van der Waals surface area contributed by atoms with Crippen LogP contribution in [0.3, 0.4) is 0 Å². The number of hydrogen-bond donors (Lipinski definition) is 1. The summed E-state index contributed by atoms with van der Waals surface area (Å²) in [5.74, 6) is -0.764. The molecule has 7 nitrogen and oxygen atoms in total. The average molecular weight is 435 g/mol. The number of carboxylic acids is 1. The number of aryl methyl sites for hydroxylation is 2. The van der Waals surface area contributed by atoms with E-state index in [2.05, 4.69) is 15.1 Å². The first-order chi connectivity index (χ1) is 15.4. The Hall–Kier alpha value is -3.88. The number of hydrogen-bond acceptors (Lipinski definition) is 5. The van der Waals surface area contributed by atoms with Crippen LogP contribution in [0.25, 0.3) is 22.0 Å². The van der Waals surface area contributed by atoms with E-state index >= 15 is 0 Å². The van der Waals surface area contributed by atoms with Crippen molar-refractivity contribution in [3.63, 3.8) is 0 Å². The quantitative estimate of drug-likeness (QED) is 0.498. The van der Waals surface area contributed by atoms with Gasteiger partial charge in [0.2, 0.25) is 0 Å². The lowest BCUT2D eigenvalue weighted by Crippen LogP contribution is -2.26. The zero-order valence-electron chi connectivity index (χ0n) is 17.2. The molecule has 4 aromatic rings. The van der Waals surface area contributed by atoms with Crippen molar-refractivity contribution in [1.29, 1.82) is 0 Å². The van der Waals surface area contributed by atoms with Gasteiger partial charge in [-0.3, -0.25) is 9.67 Å². The lowest BCUT2D eigenvalue weighted by Gasteiger charge is -2.32. The number of rotatable bonds is 4. The van der Waals surface area contributed by atoms with Gasteiger partial charge in [-0.1, -0.05) is 0 Å². The molecule has 0 aliphatic carbocycles. The number of fused-ring (bicyclic) bond motifs is 2. The fourth-order valence-electron chi connectivity index (χ4n) is 4.23. The number of nitrogens with zero attached hydrogens (tertiary/aromatic N) is 5. The molecule has 162 valence electrons. The lowest BCUT2D eigenvalue weighted by atomic mass is 9.93. The summed E-state index contributed by atoms with van der Waals surface area (Å²) < 4.78 is 29.8. The van der Waals surface area contributed by atoms with Crippen molar-refractivity contribution in [1.82, 2.24) is 19.7 Å². The van der Waals surface area contributed by atoms with Gasteiger partial charge in [-0.05, 0) is 54.3 Å². The van der Waals surface area contributed by atoms with Gasteiger partial charge in [0, 0.05) is 48.2 Å². The molecule has 1 aliphatic rings. The van der Waals surface area contributed by atoms with Crippen LogP contribution in [0.1, 0.15) is 34.5 Å². The minimum atomic E-state index is -2.68. The molecule has 4 heterocycles. The van der Waals surface area contributed by atoms with E-state index in [-0.39, 0.29) is 11.3 Å². The van der Waals surface area contributed by atoms with Gasteiger partial charge in [-0.25, -0.2) is 18.6 Å². The number of aromatic nitrogens is 4. The largest absolute Gasteiger partial charge is 0.477 e. The van der Waals surface area contributed by atoms with E-state index in [0.29, 0.717) is 40.1 Å². The average Bonchev–Trinajstić information content (AvgIpc) is 3.23. The number of benzene rings is 1. The van der Waals surface area contributed by atoms with Crippen LogP contribution in [0.5, 0.6) is 0 Å². The number of anilines is 2. The molecule has 0 amide bonds. The number of aromatic carboxylic acids is 1. The van der Waals surface area contributed by atoms with Crippen LogP contribution in [0.2, 0.25) is 0 Å². The van der Waals surface area contributed by atoms with Gasteiger partial charge in [-0.2, -0.15) is 5.10 Å². The second kappa shape index (κ2) is 7.67.